The summed E-state index contributed by atoms with van der Waals surface area (Å²) in [6.07, 6.45) is 1.99. The van der Waals surface area contributed by atoms with Gasteiger partial charge in [-0.3, -0.25) is 0 Å². The van der Waals surface area contributed by atoms with Crippen molar-refractivity contribution in [1.82, 2.24) is 4.31 Å². The van der Waals surface area contributed by atoms with Crippen LogP contribution in [0.2, 0.25) is 0 Å². The number of thiocarbonyl (C=S) groups is 1. The molecule has 0 aliphatic carbocycles. The molecule has 1 rings (SSSR count). The van der Waals surface area contributed by atoms with E-state index in [1.54, 1.807) is 19.2 Å². The number of rotatable bonds is 7. The first kappa shape index (κ1) is 17.1. The van der Waals surface area contributed by atoms with Crippen molar-refractivity contribution in [3.8, 4) is 0 Å². The molecule has 0 aliphatic heterocycles. The van der Waals surface area contributed by atoms with Crippen molar-refractivity contribution in [1.29, 1.82) is 0 Å². The Balaban J connectivity index is 2.89. The van der Waals surface area contributed by atoms with Crippen LogP contribution in [-0.2, 0) is 16.4 Å². The Labute approximate surface area is 127 Å². The van der Waals surface area contributed by atoms with Gasteiger partial charge in [0.15, 0.2) is 0 Å². The molecule has 0 amide bonds. The highest BCUT2D eigenvalue weighted by Crippen LogP contribution is 2.17. The molecule has 0 saturated carbocycles. The van der Waals surface area contributed by atoms with E-state index in [-0.39, 0.29) is 12.5 Å². The second kappa shape index (κ2) is 7.15. The van der Waals surface area contributed by atoms with Gasteiger partial charge in [-0.2, -0.15) is 0 Å². The van der Waals surface area contributed by atoms with Crippen LogP contribution in [-0.4, -0.2) is 31.3 Å². The van der Waals surface area contributed by atoms with Gasteiger partial charge in [-0.15, -0.1) is 0 Å². The fourth-order valence-corrected chi connectivity index (χ4v) is 3.20. The van der Waals surface area contributed by atoms with Gasteiger partial charge in [-0.25, -0.2) is 12.7 Å². The lowest BCUT2D eigenvalue weighted by Crippen LogP contribution is -2.35. The summed E-state index contributed by atoms with van der Waals surface area (Å²) in [7, 11) is -1.94. The van der Waals surface area contributed by atoms with Gasteiger partial charge < -0.3 is 5.73 Å². The van der Waals surface area contributed by atoms with E-state index < -0.39 is 10.0 Å². The predicted molar refractivity (Wildman–Crippen MR) is 86.2 cm³/mol. The van der Waals surface area contributed by atoms with E-state index in [1.807, 2.05) is 19.1 Å². The van der Waals surface area contributed by atoms with E-state index in [9.17, 15) is 8.42 Å². The maximum absolute atomic E-state index is 12.4. The summed E-state index contributed by atoms with van der Waals surface area (Å²) in [5.41, 5.74) is 6.67. The third-order valence-electron chi connectivity index (χ3n) is 3.19. The van der Waals surface area contributed by atoms with Crippen molar-refractivity contribution in [2.24, 2.45) is 11.7 Å². The number of nitrogens with zero attached hydrogens (tertiary/aromatic N) is 1. The first-order chi connectivity index (χ1) is 9.28. The van der Waals surface area contributed by atoms with Gasteiger partial charge in [-0.1, -0.05) is 44.6 Å². The van der Waals surface area contributed by atoms with Gasteiger partial charge in [0.05, 0.1) is 9.88 Å². The van der Waals surface area contributed by atoms with Crippen molar-refractivity contribution < 1.29 is 8.42 Å². The summed E-state index contributed by atoms with van der Waals surface area (Å²) in [5, 5.41) is 0. The Morgan fingerprint density at radius 2 is 1.90 bits per heavy atom. The van der Waals surface area contributed by atoms with Gasteiger partial charge in [0.1, 0.15) is 0 Å². The number of benzene rings is 1. The quantitative estimate of drug-likeness (QED) is 0.784. The molecule has 1 atom stereocenters. The van der Waals surface area contributed by atoms with E-state index in [1.165, 1.54) is 4.31 Å². The fourth-order valence-electron chi connectivity index (χ4n) is 1.87. The molecule has 6 heteroatoms. The largest absolute Gasteiger partial charge is 0.393 e. The Morgan fingerprint density at radius 1 is 1.35 bits per heavy atom. The molecule has 4 nitrogen and oxygen atoms in total. The molecular weight excluding hydrogens is 292 g/mol. The Bertz CT molecular complexity index is 553. The smallest absolute Gasteiger partial charge is 0.242 e. The van der Waals surface area contributed by atoms with E-state index in [0.717, 1.165) is 18.4 Å². The van der Waals surface area contributed by atoms with Crippen molar-refractivity contribution in [2.45, 2.75) is 31.6 Å². The minimum atomic E-state index is -3.48. The molecule has 112 valence electrons. The van der Waals surface area contributed by atoms with Crippen LogP contribution >= 0.6 is 12.2 Å². The van der Waals surface area contributed by atoms with Gasteiger partial charge in [-0.05, 0) is 24.1 Å². The molecule has 0 aliphatic rings. The second-order valence-electron chi connectivity index (χ2n) is 4.98. The number of hydrogen-bond donors (Lipinski definition) is 1. The van der Waals surface area contributed by atoms with Crippen molar-refractivity contribution in [3.05, 3.63) is 29.8 Å². The van der Waals surface area contributed by atoms with Crippen molar-refractivity contribution >= 4 is 27.2 Å². The molecule has 0 radical (unpaired) electrons. The Kier molecular flexibility index (Phi) is 6.10. The molecule has 1 unspecified atom stereocenters. The van der Waals surface area contributed by atoms with Crippen LogP contribution in [0.5, 0.6) is 0 Å². The van der Waals surface area contributed by atoms with E-state index >= 15 is 0 Å². The number of aryl methyl sites for hydroxylation is 1. The van der Waals surface area contributed by atoms with Crippen molar-refractivity contribution in [3.63, 3.8) is 0 Å². The minimum Gasteiger partial charge on any atom is -0.393 e. The Morgan fingerprint density at radius 3 is 2.35 bits per heavy atom. The summed E-state index contributed by atoms with van der Waals surface area (Å²) >= 11 is 4.88. The van der Waals surface area contributed by atoms with Crippen molar-refractivity contribution in [2.75, 3.05) is 13.6 Å². The highest BCUT2D eigenvalue weighted by atomic mass is 32.2. The number of sulfonamides is 1. The first-order valence-corrected chi connectivity index (χ1v) is 8.48. The van der Waals surface area contributed by atoms with Crippen LogP contribution in [0, 0.1) is 5.92 Å². The zero-order valence-electron chi connectivity index (χ0n) is 12.2. The zero-order valence-corrected chi connectivity index (χ0v) is 13.8. The lowest BCUT2D eigenvalue weighted by atomic mass is 10.1. The molecule has 0 heterocycles. The average Bonchev–Trinajstić information content (AvgIpc) is 2.39. The van der Waals surface area contributed by atoms with Crippen LogP contribution < -0.4 is 5.73 Å². The maximum Gasteiger partial charge on any atom is 0.242 e. The molecule has 0 spiro atoms. The number of nitrogens with two attached hydrogens (primary N) is 1. The van der Waals surface area contributed by atoms with Gasteiger partial charge in [0.2, 0.25) is 10.0 Å². The van der Waals surface area contributed by atoms with Gasteiger partial charge in [0, 0.05) is 19.5 Å². The fraction of sp³-hybridized carbons (Fsp3) is 0.500. The molecule has 1 aromatic rings. The lowest BCUT2D eigenvalue weighted by molar-refractivity contribution is 0.445. The van der Waals surface area contributed by atoms with Crippen LogP contribution in [0.25, 0.3) is 0 Å². The van der Waals surface area contributed by atoms with Crippen LogP contribution in [0.15, 0.2) is 29.2 Å². The van der Waals surface area contributed by atoms with E-state index in [2.05, 4.69) is 6.92 Å². The predicted octanol–water partition coefficient (Wildman–Crippen LogP) is 2.18. The summed E-state index contributed by atoms with van der Waals surface area (Å²) in [4.78, 5) is 0.625. The highest BCUT2D eigenvalue weighted by Gasteiger charge is 2.22. The summed E-state index contributed by atoms with van der Waals surface area (Å²) in [6.45, 7) is 4.20. The molecule has 20 heavy (non-hydrogen) atoms. The standard InChI is InChI=1S/C14H22N2O2S2/c1-4-5-12-6-8-13(9-7-12)20(17,18)16(3)10-11(2)14(15)19/h6-9,11H,4-5,10H2,1-3H3,(H2,15,19). The first-order valence-electron chi connectivity index (χ1n) is 6.63. The summed E-state index contributed by atoms with van der Waals surface area (Å²) in [5.74, 6) is -0.149. The van der Waals surface area contributed by atoms with E-state index in [0.29, 0.717) is 9.88 Å². The normalized spacial score (nSPS) is 13.4. The second-order valence-corrected chi connectivity index (χ2v) is 7.50. The lowest BCUT2D eigenvalue weighted by Gasteiger charge is -2.20. The third kappa shape index (κ3) is 4.26. The highest BCUT2D eigenvalue weighted by molar-refractivity contribution is 7.89. The number of hydrogen-bond acceptors (Lipinski definition) is 3. The molecule has 0 bridgehead atoms. The minimum absolute atomic E-state index is 0.149. The summed E-state index contributed by atoms with van der Waals surface area (Å²) < 4.78 is 26.1. The molecule has 0 aromatic heterocycles. The van der Waals surface area contributed by atoms with Gasteiger partial charge >= 0.3 is 0 Å². The topological polar surface area (TPSA) is 63.4 Å². The SMILES string of the molecule is CCCc1ccc(S(=O)(=O)N(C)CC(C)C(N)=S)cc1. The maximum atomic E-state index is 12.4. The average molecular weight is 314 g/mol. The molecular formula is C14H22N2O2S2. The zero-order chi connectivity index (χ0) is 15.3. The third-order valence-corrected chi connectivity index (χ3v) is 5.43. The molecule has 1 aromatic carbocycles. The molecule has 2 N–H and O–H groups in total. The summed E-state index contributed by atoms with van der Waals surface area (Å²) in [6, 6.07) is 7.03. The monoisotopic (exact) mass is 314 g/mol. The molecule has 0 saturated heterocycles. The van der Waals surface area contributed by atoms with E-state index in [4.69, 9.17) is 18.0 Å². The van der Waals surface area contributed by atoms with Crippen LogP contribution in [0.1, 0.15) is 25.8 Å². The van der Waals surface area contributed by atoms with Crippen LogP contribution in [0.4, 0.5) is 0 Å². The van der Waals surface area contributed by atoms with Gasteiger partial charge in [0.25, 0.3) is 0 Å². The molecule has 0 fully saturated rings. The Hall–Kier alpha value is -0.980. The van der Waals surface area contributed by atoms with Crippen LogP contribution in [0.3, 0.4) is 0 Å².